The molecule has 3 rings (SSSR count). The molecule has 0 saturated heterocycles. The summed E-state index contributed by atoms with van der Waals surface area (Å²) in [7, 11) is 0. The van der Waals surface area contributed by atoms with Gasteiger partial charge in [-0.15, -0.1) is 11.3 Å². The predicted molar refractivity (Wildman–Crippen MR) is 131 cm³/mol. The number of benzene rings is 2. The van der Waals surface area contributed by atoms with Crippen LogP contribution in [0.4, 0.5) is 5.69 Å². The molecule has 0 aliphatic heterocycles. The van der Waals surface area contributed by atoms with Crippen molar-refractivity contribution in [3.05, 3.63) is 78.6 Å². The van der Waals surface area contributed by atoms with Gasteiger partial charge in [0.15, 0.2) is 5.75 Å². The summed E-state index contributed by atoms with van der Waals surface area (Å²) in [5, 5.41) is 26.6. The summed E-state index contributed by atoms with van der Waals surface area (Å²) in [6, 6.07) is 7.88. The largest absolute Gasteiger partial charge is 0.477 e. The number of halogens is 2. The van der Waals surface area contributed by atoms with Crippen LogP contribution in [0.5, 0.6) is 5.75 Å². The van der Waals surface area contributed by atoms with Crippen LogP contribution in [0.1, 0.15) is 40.1 Å². The van der Waals surface area contributed by atoms with E-state index in [1.54, 1.807) is 30.5 Å². The average Bonchev–Trinajstić information content (AvgIpc) is 3.21. The Balaban J connectivity index is 1.93. The molecule has 2 N–H and O–H groups in total. The van der Waals surface area contributed by atoms with E-state index < -0.39 is 34.0 Å². The fraction of sp³-hybridized carbons (Fsp3) is 0.0909. The monoisotopic (exact) mass is 535 g/mol. The third-order valence-corrected chi connectivity index (χ3v) is 6.32. The molecule has 0 unspecified atom stereocenters. The van der Waals surface area contributed by atoms with Crippen LogP contribution in [0.2, 0.25) is 10.0 Å². The third-order valence-electron chi connectivity index (χ3n) is 4.58. The molecule has 13 heteroatoms. The summed E-state index contributed by atoms with van der Waals surface area (Å²) < 4.78 is 5.40. The zero-order valence-electron chi connectivity index (χ0n) is 18.0. The summed E-state index contributed by atoms with van der Waals surface area (Å²) in [5.41, 5.74) is 2.15. The van der Waals surface area contributed by atoms with Crippen molar-refractivity contribution in [3.8, 4) is 16.2 Å². The number of aromatic carboxylic acids is 1. The normalized spacial score (nSPS) is 11.1. The number of amides is 1. The van der Waals surface area contributed by atoms with Gasteiger partial charge in [0.1, 0.15) is 5.56 Å². The molecule has 10 nitrogen and oxygen atoms in total. The lowest BCUT2D eigenvalue weighted by Gasteiger charge is -2.08. The van der Waals surface area contributed by atoms with Gasteiger partial charge in [0, 0.05) is 23.9 Å². The maximum Gasteiger partial charge on any atom is 0.342 e. The van der Waals surface area contributed by atoms with Gasteiger partial charge in [-0.3, -0.25) is 19.7 Å². The first kappa shape index (κ1) is 25.8. The van der Waals surface area contributed by atoms with E-state index in [-0.39, 0.29) is 17.0 Å². The summed E-state index contributed by atoms with van der Waals surface area (Å²) in [5.74, 6) is -2.67. The standard InChI is InChI=1S/C22H15Cl2N3O7S/c1-10(25-26-21(29)13-3-5-14(22(30)31)18(8-13)27(32)33)15-9-35-20(19(15)34-11(2)28)12-4-6-16(23)17(24)7-12/h3-9H,1-2H3,(H,26,29)(H,30,31). The first-order valence-electron chi connectivity index (χ1n) is 9.61. The number of carbonyl (C=O) groups is 3. The van der Waals surface area contributed by atoms with Gasteiger partial charge in [-0.2, -0.15) is 5.10 Å². The fourth-order valence-electron chi connectivity index (χ4n) is 2.94. The number of hydrogen-bond acceptors (Lipinski definition) is 8. The zero-order valence-corrected chi connectivity index (χ0v) is 20.3. The number of ether oxygens (including phenoxy) is 1. The number of nitro groups is 1. The highest BCUT2D eigenvalue weighted by molar-refractivity contribution is 7.14. The molecule has 0 aliphatic rings. The highest BCUT2D eigenvalue weighted by atomic mass is 35.5. The molecule has 35 heavy (non-hydrogen) atoms. The molecule has 0 spiro atoms. The Morgan fingerprint density at radius 3 is 2.40 bits per heavy atom. The number of thiophene rings is 1. The van der Waals surface area contributed by atoms with Crippen LogP contribution < -0.4 is 10.2 Å². The number of hydrogen-bond donors (Lipinski definition) is 2. The van der Waals surface area contributed by atoms with Gasteiger partial charge >= 0.3 is 11.9 Å². The maximum atomic E-state index is 12.5. The van der Waals surface area contributed by atoms with Gasteiger partial charge in [0.25, 0.3) is 11.6 Å². The minimum atomic E-state index is -1.49. The van der Waals surface area contributed by atoms with Gasteiger partial charge < -0.3 is 9.84 Å². The van der Waals surface area contributed by atoms with Crippen molar-refractivity contribution >= 4 is 63.8 Å². The molecule has 0 fully saturated rings. The highest BCUT2D eigenvalue weighted by Gasteiger charge is 2.23. The molecule has 180 valence electrons. The minimum absolute atomic E-state index is 0.166. The zero-order chi connectivity index (χ0) is 25.9. The molecular formula is C22H15Cl2N3O7S. The molecular weight excluding hydrogens is 521 g/mol. The smallest absolute Gasteiger partial charge is 0.342 e. The van der Waals surface area contributed by atoms with E-state index in [0.717, 1.165) is 18.2 Å². The number of carbonyl (C=O) groups excluding carboxylic acids is 2. The molecule has 0 bridgehead atoms. The van der Waals surface area contributed by atoms with Gasteiger partial charge in [-0.1, -0.05) is 29.3 Å². The van der Waals surface area contributed by atoms with Crippen LogP contribution in [0, 0.1) is 10.1 Å². The Bertz CT molecular complexity index is 1400. The Kier molecular flexibility index (Phi) is 7.85. The lowest BCUT2D eigenvalue weighted by atomic mass is 10.1. The van der Waals surface area contributed by atoms with Crippen LogP contribution in [0.3, 0.4) is 0 Å². The number of rotatable bonds is 7. The second-order valence-corrected chi connectivity index (χ2v) is 8.66. The van der Waals surface area contributed by atoms with E-state index in [1.165, 1.54) is 18.3 Å². The third kappa shape index (κ3) is 5.83. The van der Waals surface area contributed by atoms with Gasteiger partial charge in [0.05, 0.1) is 31.1 Å². The van der Waals surface area contributed by atoms with Crippen molar-refractivity contribution in [2.24, 2.45) is 5.10 Å². The number of carboxylic acids is 1. The number of esters is 1. The van der Waals surface area contributed by atoms with E-state index in [9.17, 15) is 24.5 Å². The second-order valence-electron chi connectivity index (χ2n) is 6.96. The van der Waals surface area contributed by atoms with Crippen LogP contribution >= 0.6 is 34.5 Å². The number of nitrogens with zero attached hydrogens (tertiary/aromatic N) is 2. The first-order valence-corrected chi connectivity index (χ1v) is 11.2. The Morgan fingerprint density at radius 1 is 1.09 bits per heavy atom. The topological polar surface area (TPSA) is 148 Å². The lowest BCUT2D eigenvalue weighted by molar-refractivity contribution is -0.385. The fourth-order valence-corrected chi connectivity index (χ4v) is 4.28. The predicted octanol–water partition coefficient (Wildman–Crippen LogP) is 5.41. The molecule has 1 aromatic heterocycles. The molecule has 3 aromatic rings. The average molecular weight is 536 g/mol. The van der Waals surface area contributed by atoms with Crippen LogP contribution in [-0.2, 0) is 4.79 Å². The number of nitrogens with one attached hydrogen (secondary N) is 1. The molecule has 0 aliphatic carbocycles. The molecule has 1 amide bonds. The van der Waals surface area contributed by atoms with E-state index in [2.05, 4.69) is 10.5 Å². The quantitative estimate of drug-likeness (QED) is 0.178. The summed E-state index contributed by atoms with van der Waals surface area (Å²) >= 11 is 13.3. The lowest BCUT2D eigenvalue weighted by Crippen LogP contribution is -2.20. The SMILES string of the molecule is CC(=O)Oc1c(C(C)=NNC(=O)c2ccc(C(=O)O)c([N+](=O)[O-])c2)csc1-c1ccc(Cl)c(Cl)c1. The minimum Gasteiger partial charge on any atom is -0.477 e. The number of carboxylic acid groups (broad SMARTS) is 1. The summed E-state index contributed by atoms with van der Waals surface area (Å²) in [6.07, 6.45) is 0. The summed E-state index contributed by atoms with van der Waals surface area (Å²) in [6.45, 7) is 2.80. The first-order chi connectivity index (χ1) is 16.5. The Morgan fingerprint density at radius 2 is 1.80 bits per heavy atom. The molecule has 2 aromatic carbocycles. The van der Waals surface area contributed by atoms with Crippen molar-refractivity contribution in [3.63, 3.8) is 0 Å². The number of hydrazone groups is 1. The highest BCUT2D eigenvalue weighted by Crippen LogP contribution is 2.41. The van der Waals surface area contributed by atoms with Crippen molar-refractivity contribution in [2.45, 2.75) is 13.8 Å². The summed E-state index contributed by atoms with van der Waals surface area (Å²) in [4.78, 5) is 46.2. The van der Waals surface area contributed by atoms with Gasteiger partial charge in [-0.25, -0.2) is 10.2 Å². The van der Waals surface area contributed by atoms with Crippen molar-refractivity contribution in [1.29, 1.82) is 0 Å². The number of nitro benzene ring substituents is 1. The molecule has 0 saturated carbocycles. The molecule has 0 atom stereocenters. The molecule has 0 radical (unpaired) electrons. The van der Waals surface area contributed by atoms with Crippen molar-refractivity contribution in [2.75, 3.05) is 0 Å². The Hall–Kier alpha value is -3.80. The van der Waals surface area contributed by atoms with Crippen LogP contribution in [0.15, 0.2) is 46.9 Å². The molecule has 1 heterocycles. The van der Waals surface area contributed by atoms with E-state index in [1.807, 2.05) is 0 Å². The van der Waals surface area contributed by atoms with E-state index in [0.29, 0.717) is 26.0 Å². The van der Waals surface area contributed by atoms with E-state index >= 15 is 0 Å². The van der Waals surface area contributed by atoms with Crippen molar-refractivity contribution < 1.29 is 29.2 Å². The van der Waals surface area contributed by atoms with E-state index in [4.69, 9.17) is 33.0 Å². The van der Waals surface area contributed by atoms with Crippen LogP contribution in [0.25, 0.3) is 10.4 Å². The van der Waals surface area contributed by atoms with Gasteiger partial charge in [-0.05, 0) is 36.8 Å². The second kappa shape index (κ2) is 10.6. The van der Waals surface area contributed by atoms with Crippen LogP contribution in [-0.4, -0.2) is 33.6 Å². The van der Waals surface area contributed by atoms with Crippen molar-refractivity contribution in [1.82, 2.24) is 5.43 Å². The Labute approximate surface area is 211 Å². The maximum absolute atomic E-state index is 12.5. The van der Waals surface area contributed by atoms with Gasteiger partial charge in [0.2, 0.25) is 0 Å².